The number of amides is 1. The molecule has 2 rings (SSSR count). The Morgan fingerprint density at radius 3 is 1.77 bits per heavy atom. The van der Waals surface area contributed by atoms with Gasteiger partial charge in [0, 0.05) is 32.0 Å². The molecular weight excluding hydrogens is 706 g/mol. The number of carbonyl (C=O) groups excluding carboxylic acids is 1. The van der Waals surface area contributed by atoms with E-state index in [9.17, 15) is 94.8 Å². The van der Waals surface area contributed by atoms with Gasteiger partial charge < -0.3 is 20.3 Å². The Bertz CT molecular complexity index is 1410. The molecule has 1 saturated heterocycles. The number of halogens is 16. The summed E-state index contributed by atoms with van der Waals surface area (Å²) >= 11 is 0. The molecule has 2 heterocycles. The van der Waals surface area contributed by atoms with Gasteiger partial charge in [-0.2, -0.15) is 70.2 Å². The normalized spacial score (nSPS) is 22.4. The van der Waals surface area contributed by atoms with E-state index in [1.54, 1.807) is 4.98 Å². The number of aromatic amines is 1. The van der Waals surface area contributed by atoms with Crippen LogP contribution in [0.2, 0.25) is 0 Å². The fraction of sp³-hybridized carbons (Fsp3) is 0.773. The zero-order valence-corrected chi connectivity index (χ0v) is 22.8. The number of nitrogens with zero attached hydrogens (tertiary/aromatic N) is 1. The number of rotatable bonds is 14. The molecule has 1 aromatic rings. The summed E-state index contributed by atoms with van der Waals surface area (Å²) in [4.78, 5) is 37.3. The molecule has 1 fully saturated rings. The monoisotopic (exact) mass is 727 g/mol. The maximum atomic E-state index is 14.2. The third kappa shape index (κ3) is 6.40. The van der Waals surface area contributed by atoms with Gasteiger partial charge in [0.05, 0.1) is 6.61 Å². The number of aliphatic hydroxyl groups is 2. The van der Waals surface area contributed by atoms with Crippen LogP contribution in [0.4, 0.5) is 70.2 Å². The molecule has 4 unspecified atom stereocenters. The van der Waals surface area contributed by atoms with E-state index in [2.05, 4.69) is 0 Å². The Balaban J connectivity index is 2.27. The summed E-state index contributed by atoms with van der Waals surface area (Å²) in [5.41, 5.74) is -2.16. The first-order valence-electron chi connectivity index (χ1n) is 12.4. The van der Waals surface area contributed by atoms with Crippen molar-refractivity contribution in [1.82, 2.24) is 14.9 Å². The van der Waals surface area contributed by atoms with E-state index in [1.807, 2.05) is 5.32 Å². The molecule has 1 amide bonds. The number of ether oxygens (including phenoxy) is 1. The molecule has 1 aliphatic rings. The van der Waals surface area contributed by atoms with Crippen LogP contribution in [0, 0.1) is 0 Å². The lowest BCUT2D eigenvalue weighted by atomic mass is 9.87. The van der Waals surface area contributed by atoms with Crippen molar-refractivity contribution < 1.29 is 90.0 Å². The van der Waals surface area contributed by atoms with Gasteiger partial charge in [-0.3, -0.25) is 19.1 Å². The van der Waals surface area contributed by atoms with Gasteiger partial charge >= 0.3 is 53.1 Å². The summed E-state index contributed by atoms with van der Waals surface area (Å²) in [5, 5.41) is 21.4. The molecule has 0 bridgehead atoms. The standard InChI is InChI=1S/C22H21F16N3O6/c1-15(23,24)17(27,28)19(31,32)21(35,36)22(37,38)20(33,34)18(29,30)16(25,26)5-2-3-9(43)39-11-12(45)8(7-42)47-13(11)41-6-4-10(44)40-14(41)46/h4,6,8,11-13,42,45H,2-3,5,7H2,1H3,(H,39,43)(H,40,44,46). The van der Waals surface area contributed by atoms with Crippen LogP contribution in [-0.4, -0.2) is 97.9 Å². The molecule has 0 aromatic carbocycles. The average Bonchev–Trinajstić information content (AvgIpc) is 3.21. The summed E-state index contributed by atoms with van der Waals surface area (Å²) in [6, 6.07) is -1.06. The predicted molar refractivity (Wildman–Crippen MR) is 119 cm³/mol. The van der Waals surface area contributed by atoms with E-state index in [-0.39, 0.29) is 0 Å². The van der Waals surface area contributed by atoms with Crippen molar-refractivity contribution in [2.75, 3.05) is 6.61 Å². The fourth-order valence-corrected chi connectivity index (χ4v) is 4.10. The van der Waals surface area contributed by atoms with Gasteiger partial charge in [0.2, 0.25) is 5.91 Å². The summed E-state index contributed by atoms with van der Waals surface area (Å²) < 4.78 is 225. The van der Waals surface area contributed by atoms with Crippen molar-refractivity contribution >= 4 is 5.91 Å². The first kappa shape index (κ1) is 40.1. The van der Waals surface area contributed by atoms with Crippen molar-refractivity contribution in [3.63, 3.8) is 0 Å². The summed E-state index contributed by atoms with van der Waals surface area (Å²) in [6.07, 6.45) is -10.5. The second kappa shape index (κ2) is 12.4. The quantitative estimate of drug-likeness (QED) is 0.217. The molecule has 4 N–H and O–H groups in total. The number of hydrogen-bond acceptors (Lipinski definition) is 6. The van der Waals surface area contributed by atoms with Crippen LogP contribution in [0.5, 0.6) is 0 Å². The first-order chi connectivity index (χ1) is 20.9. The van der Waals surface area contributed by atoms with Crippen LogP contribution in [0.3, 0.4) is 0 Å². The summed E-state index contributed by atoms with van der Waals surface area (Å²) in [6.45, 7) is -2.23. The minimum absolute atomic E-state index is 0.541. The maximum absolute atomic E-state index is 14.2. The van der Waals surface area contributed by atoms with E-state index in [0.29, 0.717) is 4.57 Å². The van der Waals surface area contributed by atoms with Crippen molar-refractivity contribution in [2.45, 2.75) is 98.0 Å². The van der Waals surface area contributed by atoms with E-state index in [0.717, 1.165) is 12.3 Å². The van der Waals surface area contributed by atoms with Crippen molar-refractivity contribution in [1.29, 1.82) is 0 Å². The highest BCUT2D eigenvalue weighted by molar-refractivity contribution is 5.76. The van der Waals surface area contributed by atoms with Gasteiger partial charge in [0.25, 0.3) is 5.56 Å². The Morgan fingerprint density at radius 1 is 0.851 bits per heavy atom. The van der Waals surface area contributed by atoms with Crippen LogP contribution < -0.4 is 16.6 Å². The second-order valence-corrected chi connectivity index (χ2v) is 10.2. The molecule has 1 aromatic heterocycles. The highest BCUT2D eigenvalue weighted by Gasteiger charge is 2.94. The largest absolute Gasteiger partial charge is 0.394 e. The number of aromatic nitrogens is 2. The van der Waals surface area contributed by atoms with Crippen LogP contribution >= 0.6 is 0 Å². The molecule has 0 saturated carbocycles. The molecule has 0 aliphatic carbocycles. The highest BCUT2D eigenvalue weighted by Crippen LogP contribution is 2.64. The number of nitrogens with one attached hydrogen (secondary N) is 2. The Morgan fingerprint density at radius 2 is 1.32 bits per heavy atom. The van der Waals surface area contributed by atoms with E-state index in [4.69, 9.17) is 4.74 Å². The van der Waals surface area contributed by atoms with Crippen molar-refractivity contribution in [2.24, 2.45) is 0 Å². The zero-order chi connectivity index (χ0) is 37.0. The number of aliphatic hydroxyl groups excluding tert-OH is 2. The first-order valence-corrected chi connectivity index (χ1v) is 12.4. The van der Waals surface area contributed by atoms with Gasteiger partial charge in [0.15, 0.2) is 6.23 Å². The summed E-state index contributed by atoms with van der Waals surface area (Å²) in [7, 11) is 0. The van der Waals surface area contributed by atoms with Crippen LogP contribution in [0.15, 0.2) is 21.9 Å². The van der Waals surface area contributed by atoms with Gasteiger partial charge in [-0.15, -0.1) is 0 Å². The molecule has 9 nitrogen and oxygen atoms in total. The number of alkyl halides is 16. The second-order valence-electron chi connectivity index (χ2n) is 10.2. The lowest BCUT2D eigenvalue weighted by molar-refractivity contribution is -0.452. The predicted octanol–water partition coefficient (Wildman–Crippen LogP) is 3.54. The molecule has 4 atom stereocenters. The molecule has 272 valence electrons. The highest BCUT2D eigenvalue weighted by atomic mass is 19.4. The smallest absolute Gasteiger partial charge is 0.384 e. The Labute approximate surface area is 249 Å². The molecular formula is C22H21F16N3O6. The molecule has 47 heavy (non-hydrogen) atoms. The van der Waals surface area contributed by atoms with Gasteiger partial charge in [-0.1, -0.05) is 0 Å². The molecule has 0 spiro atoms. The fourth-order valence-electron chi connectivity index (χ4n) is 4.10. The van der Waals surface area contributed by atoms with Crippen molar-refractivity contribution in [3.05, 3.63) is 33.1 Å². The topological polar surface area (TPSA) is 134 Å². The SMILES string of the molecule is CC(F)(F)C(F)(F)C(F)(F)C(F)(F)C(F)(F)C(F)(F)C(F)(F)C(F)(F)CCCC(=O)NC1C(O)C(CO)OC1n1ccc(=O)[nH]c1=O. The van der Waals surface area contributed by atoms with Crippen LogP contribution in [-0.2, 0) is 9.53 Å². The third-order valence-electron chi connectivity index (χ3n) is 6.88. The lowest BCUT2D eigenvalue weighted by Crippen LogP contribution is -2.74. The average molecular weight is 727 g/mol. The summed E-state index contributed by atoms with van der Waals surface area (Å²) in [5.74, 6) is -63.6. The Hall–Kier alpha value is -3.09. The van der Waals surface area contributed by atoms with E-state index in [1.165, 1.54) is 0 Å². The van der Waals surface area contributed by atoms with Gasteiger partial charge in [-0.05, 0) is 6.42 Å². The Kier molecular flexibility index (Phi) is 10.6. The van der Waals surface area contributed by atoms with Crippen LogP contribution in [0.25, 0.3) is 0 Å². The lowest BCUT2D eigenvalue weighted by Gasteiger charge is -2.43. The van der Waals surface area contributed by atoms with Crippen molar-refractivity contribution in [3.8, 4) is 0 Å². The van der Waals surface area contributed by atoms with E-state index >= 15 is 0 Å². The number of H-pyrrole nitrogens is 1. The van der Waals surface area contributed by atoms with E-state index < -0.39 is 122 Å². The third-order valence-corrected chi connectivity index (χ3v) is 6.88. The minimum Gasteiger partial charge on any atom is -0.394 e. The number of hydrogen-bond donors (Lipinski definition) is 4. The maximum Gasteiger partial charge on any atom is 0.384 e. The van der Waals surface area contributed by atoms with Gasteiger partial charge in [-0.25, -0.2) is 4.79 Å². The minimum atomic E-state index is -8.56. The molecule has 25 heteroatoms. The van der Waals surface area contributed by atoms with Gasteiger partial charge in [0.1, 0.15) is 18.2 Å². The molecule has 1 aliphatic heterocycles. The molecule has 0 radical (unpaired) electrons. The van der Waals surface area contributed by atoms with Crippen LogP contribution in [0.1, 0.15) is 32.4 Å². The zero-order valence-electron chi connectivity index (χ0n) is 22.8. The number of carbonyl (C=O) groups is 1.